The van der Waals surface area contributed by atoms with E-state index in [1.165, 1.54) is 36.0 Å². The molecule has 0 saturated carbocycles. The summed E-state index contributed by atoms with van der Waals surface area (Å²) in [6.45, 7) is 4.27. The van der Waals surface area contributed by atoms with Crippen molar-refractivity contribution in [1.82, 2.24) is 5.32 Å². The molecular weight excluding hydrogens is 234 g/mol. The molecular formula is C17H25NO. The first-order valence-corrected chi connectivity index (χ1v) is 7.58. The van der Waals surface area contributed by atoms with Crippen LogP contribution in [0.3, 0.4) is 0 Å². The molecule has 3 rings (SSSR count). The molecule has 2 aliphatic heterocycles. The molecule has 1 aromatic carbocycles. The lowest BCUT2D eigenvalue weighted by molar-refractivity contribution is -0.0302. The van der Waals surface area contributed by atoms with Gasteiger partial charge in [0.15, 0.2) is 0 Å². The second kappa shape index (κ2) is 4.92. The van der Waals surface area contributed by atoms with Gasteiger partial charge in [-0.15, -0.1) is 0 Å². The van der Waals surface area contributed by atoms with Crippen molar-refractivity contribution < 1.29 is 5.11 Å². The first-order valence-electron chi connectivity index (χ1n) is 7.58. The quantitative estimate of drug-likeness (QED) is 0.856. The number of aryl methyl sites for hydroxylation is 2. The first-order chi connectivity index (χ1) is 9.02. The summed E-state index contributed by atoms with van der Waals surface area (Å²) < 4.78 is 0. The summed E-state index contributed by atoms with van der Waals surface area (Å²) in [5, 5.41) is 14.6. The minimum atomic E-state index is -0.499. The Hall–Kier alpha value is -0.860. The fourth-order valence-corrected chi connectivity index (χ4v) is 4.13. The van der Waals surface area contributed by atoms with Crippen molar-refractivity contribution in [1.29, 1.82) is 0 Å². The Bertz CT molecular complexity index is 436. The number of benzene rings is 1. The maximum Gasteiger partial charge on any atom is 0.0717 e. The normalized spacial score (nSPS) is 34.3. The maximum atomic E-state index is 11.0. The van der Waals surface area contributed by atoms with Crippen LogP contribution < -0.4 is 5.32 Å². The number of nitrogens with one attached hydrogen (secondary N) is 1. The summed E-state index contributed by atoms with van der Waals surface area (Å²) in [5.41, 5.74) is 3.39. The SMILES string of the molecule is Cc1cc(C)cc(CC2(O)CC3CCCC(C2)N3)c1. The number of aliphatic hydroxyl groups is 1. The standard InChI is InChI=1S/C17H25NO/c1-12-6-13(2)8-14(7-12)9-17(19)10-15-4-3-5-16(11-17)18-15/h6-8,15-16,18-19H,3-5,9-11H2,1-2H3. The Morgan fingerprint density at radius 2 is 1.68 bits per heavy atom. The lowest BCUT2D eigenvalue weighted by Gasteiger charge is -2.45. The van der Waals surface area contributed by atoms with E-state index in [1.54, 1.807) is 0 Å². The van der Waals surface area contributed by atoms with E-state index in [0.717, 1.165) is 19.3 Å². The highest BCUT2D eigenvalue weighted by Crippen LogP contribution is 2.35. The van der Waals surface area contributed by atoms with Crippen molar-refractivity contribution in [3.63, 3.8) is 0 Å². The number of rotatable bonds is 2. The van der Waals surface area contributed by atoms with Gasteiger partial charge in [0.05, 0.1) is 5.60 Å². The summed E-state index contributed by atoms with van der Waals surface area (Å²) in [7, 11) is 0. The van der Waals surface area contributed by atoms with Crippen LogP contribution in [0.5, 0.6) is 0 Å². The van der Waals surface area contributed by atoms with Crippen LogP contribution in [0.25, 0.3) is 0 Å². The van der Waals surface area contributed by atoms with Crippen LogP contribution in [-0.2, 0) is 6.42 Å². The molecule has 0 aliphatic carbocycles. The minimum absolute atomic E-state index is 0.499. The van der Waals surface area contributed by atoms with Crippen LogP contribution in [0.2, 0.25) is 0 Å². The van der Waals surface area contributed by atoms with Gasteiger partial charge in [-0.2, -0.15) is 0 Å². The summed E-state index contributed by atoms with van der Waals surface area (Å²) >= 11 is 0. The Morgan fingerprint density at radius 1 is 1.11 bits per heavy atom. The molecule has 0 radical (unpaired) electrons. The van der Waals surface area contributed by atoms with Crippen molar-refractivity contribution in [2.24, 2.45) is 0 Å². The third-order valence-corrected chi connectivity index (χ3v) is 4.64. The van der Waals surface area contributed by atoms with E-state index in [1.807, 2.05) is 0 Å². The highest BCUT2D eigenvalue weighted by Gasteiger charge is 2.40. The first kappa shape index (κ1) is 13.1. The molecule has 104 valence electrons. The van der Waals surface area contributed by atoms with Gasteiger partial charge in [-0.3, -0.25) is 0 Å². The smallest absolute Gasteiger partial charge is 0.0717 e. The van der Waals surface area contributed by atoms with Crippen molar-refractivity contribution >= 4 is 0 Å². The molecule has 0 spiro atoms. The Morgan fingerprint density at radius 3 is 2.26 bits per heavy atom. The van der Waals surface area contributed by atoms with Crippen molar-refractivity contribution in [2.75, 3.05) is 0 Å². The van der Waals surface area contributed by atoms with Crippen molar-refractivity contribution in [3.8, 4) is 0 Å². The van der Waals surface area contributed by atoms with Gasteiger partial charge in [-0.25, -0.2) is 0 Å². The second-order valence-electron chi connectivity index (χ2n) is 6.80. The fraction of sp³-hybridized carbons (Fsp3) is 0.647. The van der Waals surface area contributed by atoms with Gasteiger partial charge in [0.2, 0.25) is 0 Å². The Labute approximate surface area is 116 Å². The van der Waals surface area contributed by atoms with E-state index < -0.39 is 5.60 Å². The van der Waals surface area contributed by atoms with E-state index in [2.05, 4.69) is 37.4 Å². The lowest BCUT2D eigenvalue weighted by Crippen LogP contribution is -2.56. The second-order valence-corrected chi connectivity index (χ2v) is 6.80. The molecule has 2 N–H and O–H groups in total. The van der Waals surface area contributed by atoms with Crippen LogP contribution in [-0.4, -0.2) is 22.8 Å². The highest BCUT2D eigenvalue weighted by molar-refractivity contribution is 5.29. The van der Waals surface area contributed by atoms with Crippen LogP contribution in [0.4, 0.5) is 0 Å². The number of hydrogen-bond acceptors (Lipinski definition) is 2. The molecule has 2 heteroatoms. The molecule has 2 saturated heterocycles. The highest BCUT2D eigenvalue weighted by atomic mass is 16.3. The van der Waals surface area contributed by atoms with E-state index in [4.69, 9.17) is 0 Å². The largest absolute Gasteiger partial charge is 0.389 e. The molecule has 0 amide bonds. The summed E-state index contributed by atoms with van der Waals surface area (Å²) in [5.74, 6) is 0. The Kier molecular flexibility index (Phi) is 3.40. The van der Waals surface area contributed by atoms with Gasteiger partial charge < -0.3 is 10.4 Å². The third-order valence-electron chi connectivity index (χ3n) is 4.64. The van der Waals surface area contributed by atoms with Crippen LogP contribution in [0.1, 0.15) is 48.8 Å². The van der Waals surface area contributed by atoms with Gasteiger partial charge in [0.1, 0.15) is 0 Å². The van der Waals surface area contributed by atoms with Crippen molar-refractivity contribution in [3.05, 3.63) is 34.9 Å². The summed E-state index contributed by atoms with van der Waals surface area (Å²) in [4.78, 5) is 0. The molecule has 1 aromatic rings. The van der Waals surface area contributed by atoms with Gasteiger partial charge in [-0.05, 0) is 45.1 Å². The van der Waals surface area contributed by atoms with Gasteiger partial charge >= 0.3 is 0 Å². The average Bonchev–Trinajstić information content (AvgIpc) is 2.25. The summed E-state index contributed by atoms with van der Waals surface area (Å²) in [6, 6.07) is 7.71. The molecule has 2 heterocycles. The number of hydrogen-bond donors (Lipinski definition) is 2. The van der Waals surface area contributed by atoms with Crippen LogP contribution in [0, 0.1) is 13.8 Å². The molecule has 2 nitrogen and oxygen atoms in total. The monoisotopic (exact) mass is 259 g/mol. The van der Waals surface area contributed by atoms with E-state index >= 15 is 0 Å². The van der Waals surface area contributed by atoms with Crippen LogP contribution >= 0.6 is 0 Å². The predicted molar refractivity (Wildman–Crippen MR) is 78.4 cm³/mol. The molecule has 0 aromatic heterocycles. The predicted octanol–water partition coefficient (Wildman–Crippen LogP) is 2.88. The zero-order valence-corrected chi connectivity index (χ0v) is 12.1. The van der Waals surface area contributed by atoms with Gasteiger partial charge in [0, 0.05) is 18.5 Å². The number of piperidine rings is 2. The molecule has 19 heavy (non-hydrogen) atoms. The topological polar surface area (TPSA) is 32.3 Å². The lowest BCUT2D eigenvalue weighted by atomic mass is 9.74. The molecule has 2 bridgehead atoms. The molecule has 2 unspecified atom stereocenters. The van der Waals surface area contributed by atoms with Gasteiger partial charge in [0.25, 0.3) is 0 Å². The molecule has 2 aliphatic rings. The Balaban J connectivity index is 1.77. The zero-order valence-electron chi connectivity index (χ0n) is 12.1. The number of fused-ring (bicyclic) bond motifs is 2. The minimum Gasteiger partial charge on any atom is -0.389 e. The fourth-order valence-electron chi connectivity index (χ4n) is 4.13. The van der Waals surface area contributed by atoms with Gasteiger partial charge in [-0.1, -0.05) is 35.7 Å². The zero-order chi connectivity index (χ0) is 13.5. The molecule has 2 atom stereocenters. The van der Waals surface area contributed by atoms with Crippen LogP contribution in [0.15, 0.2) is 18.2 Å². The van der Waals surface area contributed by atoms with E-state index in [0.29, 0.717) is 12.1 Å². The third kappa shape index (κ3) is 3.01. The van der Waals surface area contributed by atoms with Crippen molar-refractivity contribution in [2.45, 2.75) is 70.1 Å². The molecule has 2 fully saturated rings. The summed E-state index contributed by atoms with van der Waals surface area (Å²) in [6.07, 6.45) is 6.41. The maximum absolute atomic E-state index is 11.0. The van der Waals surface area contributed by atoms with E-state index in [-0.39, 0.29) is 0 Å². The van der Waals surface area contributed by atoms with E-state index in [9.17, 15) is 5.11 Å². The average molecular weight is 259 g/mol.